The Bertz CT molecular complexity index is 524. The van der Waals surface area contributed by atoms with Crippen molar-refractivity contribution < 1.29 is 18.9 Å². The first-order valence-corrected chi connectivity index (χ1v) is 7.83. The number of carboxylic acids is 1. The van der Waals surface area contributed by atoms with E-state index in [2.05, 4.69) is 5.32 Å². The molecule has 0 aliphatic carbocycles. The molecule has 0 aliphatic heterocycles. The Kier molecular flexibility index (Phi) is 6.47. The number of hydrogen-bond donors (Lipinski definition) is 2. The number of benzene rings is 1. The van der Waals surface area contributed by atoms with E-state index in [0.717, 1.165) is 4.90 Å². The predicted molar refractivity (Wildman–Crippen MR) is 78.8 cm³/mol. The fourth-order valence-corrected chi connectivity index (χ4v) is 2.03. The van der Waals surface area contributed by atoms with Gasteiger partial charge in [0.25, 0.3) is 0 Å². The molecule has 2 N–H and O–H groups in total. The second-order valence-corrected chi connectivity index (χ2v) is 5.96. The summed E-state index contributed by atoms with van der Waals surface area (Å²) in [7, 11) is -1.02. The number of carboxylic acid groups (broad SMARTS) is 1. The summed E-state index contributed by atoms with van der Waals surface area (Å²) in [4.78, 5) is 23.9. The number of urea groups is 1. The first kappa shape index (κ1) is 16.5. The van der Waals surface area contributed by atoms with E-state index >= 15 is 0 Å². The molecule has 0 aliphatic rings. The maximum absolute atomic E-state index is 12.0. The van der Waals surface area contributed by atoms with Gasteiger partial charge in [-0.3, -0.25) is 13.9 Å². The van der Waals surface area contributed by atoms with Crippen molar-refractivity contribution >= 4 is 40.1 Å². The topological polar surface area (TPSA) is 86.7 Å². The predicted octanol–water partition coefficient (Wildman–Crippen LogP) is 1.32. The lowest BCUT2D eigenvalue weighted by atomic mass is 10.3. The van der Waals surface area contributed by atoms with Crippen LogP contribution in [0.2, 0.25) is 5.02 Å². The van der Waals surface area contributed by atoms with E-state index in [0.29, 0.717) is 16.5 Å². The van der Waals surface area contributed by atoms with Crippen LogP contribution in [0.1, 0.15) is 0 Å². The number of amides is 2. The van der Waals surface area contributed by atoms with Gasteiger partial charge in [0.1, 0.15) is 6.54 Å². The fraction of sp³-hybridized carbons (Fsp3) is 0.333. The number of nitrogens with one attached hydrogen (secondary N) is 1. The van der Waals surface area contributed by atoms with E-state index in [1.165, 1.54) is 12.3 Å². The van der Waals surface area contributed by atoms with E-state index in [-0.39, 0.29) is 6.54 Å². The zero-order valence-corrected chi connectivity index (χ0v) is 12.4. The van der Waals surface area contributed by atoms with Gasteiger partial charge < -0.3 is 10.4 Å². The highest BCUT2D eigenvalue weighted by Crippen LogP contribution is 2.19. The molecule has 0 bridgehead atoms. The van der Waals surface area contributed by atoms with Crippen molar-refractivity contribution in [2.75, 3.05) is 30.0 Å². The van der Waals surface area contributed by atoms with E-state index in [1.807, 2.05) is 0 Å². The Morgan fingerprint density at radius 2 is 2.15 bits per heavy atom. The molecule has 0 radical (unpaired) electrons. The highest BCUT2D eigenvalue weighted by molar-refractivity contribution is 7.84. The van der Waals surface area contributed by atoms with E-state index in [4.69, 9.17) is 16.7 Å². The van der Waals surface area contributed by atoms with Crippen molar-refractivity contribution in [1.82, 2.24) is 5.32 Å². The average molecular weight is 319 g/mol. The van der Waals surface area contributed by atoms with Gasteiger partial charge in [-0.2, -0.15) is 0 Å². The minimum atomic E-state index is -1.14. The quantitative estimate of drug-likeness (QED) is 0.828. The molecule has 0 saturated heterocycles. The van der Waals surface area contributed by atoms with Crippen LogP contribution in [0.3, 0.4) is 0 Å². The summed E-state index contributed by atoms with van der Waals surface area (Å²) >= 11 is 5.83. The van der Waals surface area contributed by atoms with Gasteiger partial charge in [0.05, 0.1) is 0 Å². The number of carbonyl (C=O) groups is 2. The largest absolute Gasteiger partial charge is 0.480 e. The normalized spacial score (nSPS) is 11.7. The van der Waals surface area contributed by atoms with Crippen LogP contribution in [0.15, 0.2) is 24.3 Å². The van der Waals surface area contributed by atoms with Crippen molar-refractivity contribution in [3.05, 3.63) is 29.3 Å². The number of carbonyl (C=O) groups excluding carboxylic acids is 1. The monoisotopic (exact) mass is 318 g/mol. The Balaban J connectivity index is 2.81. The Hall–Kier alpha value is -1.60. The third-order valence-electron chi connectivity index (χ3n) is 2.32. The zero-order valence-electron chi connectivity index (χ0n) is 10.8. The average Bonchev–Trinajstić information content (AvgIpc) is 2.35. The summed E-state index contributed by atoms with van der Waals surface area (Å²) in [6.45, 7) is -0.278. The molecular weight excluding hydrogens is 304 g/mol. The first-order chi connectivity index (χ1) is 9.40. The molecule has 8 heteroatoms. The lowest BCUT2D eigenvalue weighted by Crippen LogP contribution is -2.44. The van der Waals surface area contributed by atoms with Crippen molar-refractivity contribution in [3.8, 4) is 0 Å². The molecule has 1 aromatic rings. The molecule has 0 heterocycles. The Morgan fingerprint density at radius 1 is 1.45 bits per heavy atom. The summed E-state index contributed by atoms with van der Waals surface area (Å²) in [5.41, 5.74) is 0.384. The van der Waals surface area contributed by atoms with Gasteiger partial charge >= 0.3 is 12.0 Å². The number of rotatable bonds is 6. The third-order valence-corrected chi connectivity index (χ3v) is 3.34. The van der Waals surface area contributed by atoms with Crippen LogP contribution in [-0.2, 0) is 15.6 Å². The molecule has 0 aromatic heterocycles. The molecule has 0 spiro atoms. The minimum Gasteiger partial charge on any atom is -0.480 e. The van der Waals surface area contributed by atoms with Gasteiger partial charge in [0, 0.05) is 40.1 Å². The van der Waals surface area contributed by atoms with Gasteiger partial charge in [-0.25, -0.2) is 4.79 Å². The van der Waals surface area contributed by atoms with Crippen LogP contribution < -0.4 is 10.2 Å². The summed E-state index contributed by atoms with van der Waals surface area (Å²) in [6, 6.07) is 5.78. The first-order valence-electron chi connectivity index (χ1n) is 5.73. The molecule has 0 saturated carbocycles. The molecule has 110 valence electrons. The van der Waals surface area contributed by atoms with Crippen LogP contribution in [0.5, 0.6) is 0 Å². The highest BCUT2D eigenvalue weighted by Gasteiger charge is 2.18. The maximum Gasteiger partial charge on any atom is 0.323 e. The van der Waals surface area contributed by atoms with Crippen molar-refractivity contribution in [2.24, 2.45) is 0 Å². The van der Waals surface area contributed by atoms with Gasteiger partial charge in [-0.1, -0.05) is 17.7 Å². The van der Waals surface area contributed by atoms with Gasteiger partial charge in [0.15, 0.2) is 0 Å². The second-order valence-electron chi connectivity index (χ2n) is 3.97. The van der Waals surface area contributed by atoms with Gasteiger partial charge in [-0.15, -0.1) is 0 Å². The van der Waals surface area contributed by atoms with Crippen LogP contribution in [-0.4, -0.2) is 46.4 Å². The second kappa shape index (κ2) is 7.86. The third kappa shape index (κ3) is 5.58. The molecule has 1 unspecified atom stereocenters. The zero-order chi connectivity index (χ0) is 15.1. The molecule has 2 amide bonds. The van der Waals surface area contributed by atoms with Crippen LogP contribution in [0, 0.1) is 0 Å². The molecule has 0 fully saturated rings. The Morgan fingerprint density at radius 3 is 2.70 bits per heavy atom. The molecular formula is C12H15ClN2O4S. The molecule has 6 nitrogen and oxygen atoms in total. The van der Waals surface area contributed by atoms with E-state index < -0.39 is 29.3 Å². The number of nitrogens with zero attached hydrogens (tertiary/aromatic N) is 1. The fourth-order valence-electron chi connectivity index (χ4n) is 1.46. The maximum atomic E-state index is 12.0. The van der Waals surface area contributed by atoms with Crippen LogP contribution in [0.4, 0.5) is 10.5 Å². The van der Waals surface area contributed by atoms with Crippen molar-refractivity contribution in [2.45, 2.75) is 0 Å². The number of aliphatic carboxylic acids is 1. The number of halogens is 1. The molecule has 1 aromatic carbocycles. The standard InChI is InChI=1S/C12H15ClN2O4S/c1-20(19)6-5-14-12(18)15(8-11(16)17)10-4-2-3-9(13)7-10/h2-4,7H,5-6,8H2,1H3,(H,14,18)(H,16,17). The summed E-state index contributed by atoms with van der Waals surface area (Å²) in [5.74, 6) is -0.832. The van der Waals surface area contributed by atoms with Crippen LogP contribution >= 0.6 is 11.6 Å². The molecule has 20 heavy (non-hydrogen) atoms. The van der Waals surface area contributed by atoms with Crippen LogP contribution in [0.25, 0.3) is 0 Å². The SMILES string of the molecule is CS(=O)CCNC(=O)N(CC(=O)O)c1cccc(Cl)c1. The summed E-state index contributed by atoms with van der Waals surface area (Å²) in [5, 5.41) is 11.8. The van der Waals surface area contributed by atoms with Crippen molar-refractivity contribution in [3.63, 3.8) is 0 Å². The van der Waals surface area contributed by atoms with E-state index in [1.54, 1.807) is 18.2 Å². The summed E-state index contributed by atoms with van der Waals surface area (Å²) < 4.78 is 10.9. The molecule has 1 atom stereocenters. The number of anilines is 1. The van der Waals surface area contributed by atoms with Crippen molar-refractivity contribution in [1.29, 1.82) is 0 Å². The van der Waals surface area contributed by atoms with E-state index in [9.17, 15) is 13.8 Å². The van der Waals surface area contributed by atoms with Gasteiger partial charge in [-0.05, 0) is 18.2 Å². The smallest absolute Gasteiger partial charge is 0.323 e. The highest BCUT2D eigenvalue weighted by atomic mass is 35.5. The Labute approximate surface area is 124 Å². The number of hydrogen-bond acceptors (Lipinski definition) is 3. The molecule has 1 rings (SSSR count). The lowest BCUT2D eigenvalue weighted by Gasteiger charge is -2.21. The summed E-state index contributed by atoms with van der Waals surface area (Å²) in [6.07, 6.45) is 1.53. The van der Waals surface area contributed by atoms with Gasteiger partial charge in [0.2, 0.25) is 0 Å². The minimum absolute atomic E-state index is 0.207. The lowest BCUT2D eigenvalue weighted by molar-refractivity contribution is -0.135.